The van der Waals surface area contributed by atoms with Crippen molar-refractivity contribution in [3.8, 4) is 18.0 Å². The van der Waals surface area contributed by atoms with Crippen LogP contribution in [0.5, 0.6) is 5.75 Å². The molecule has 1 atom stereocenters. The summed E-state index contributed by atoms with van der Waals surface area (Å²) in [7, 11) is 0. The summed E-state index contributed by atoms with van der Waals surface area (Å²) < 4.78 is 33.1. The summed E-state index contributed by atoms with van der Waals surface area (Å²) in [5, 5.41) is 23.7. The molecule has 3 aromatic rings. The van der Waals surface area contributed by atoms with Crippen LogP contribution in [0.25, 0.3) is 0 Å². The molecular formula is C22H16F2N8O. The SMILES string of the molecule is N#CNC1=NC(c2ccc(F)cc2OCc2ccc(F)cc2)c2c(nc(N)c(C#N)c2N)N1. The summed E-state index contributed by atoms with van der Waals surface area (Å²) >= 11 is 0. The molecule has 6 N–H and O–H groups in total. The van der Waals surface area contributed by atoms with Crippen molar-refractivity contribution in [3.05, 3.63) is 76.4 Å². The highest BCUT2D eigenvalue weighted by atomic mass is 19.1. The molecule has 9 nitrogen and oxygen atoms in total. The van der Waals surface area contributed by atoms with Gasteiger partial charge < -0.3 is 21.5 Å². The van der Waals surface area contributed by atoms with Crippen LogP contribution in [-0.4, -0.2) is 10.9 Å². The van der Waals surface area contributed by atoms with Crippen LogP contribution in [0.15, 0.2) is 47.5 Å². The van der Waals surface area contributed by atoms with Crippen molar-refractivity contribution >= 4 is 23.3 Å². The van der Waals surface area contributed by atoms with Gasteiger partial charge in [0.15, 0.2) is 6.19 Å². The van der Waals surface area contributed by atoms with E-state index in [4.69, 9.17) is 21.5 Å². The van der Waals surface area contributed by atoms with Gasteiger partial charge in [0.1, 0.15) is 53.3 Å². The number of guanidine groups is 1. The fourth-order valence-electron chi connectivity index (χ4n) is 3.41. The Morgan fingerprint density at radius 2 is 1.82 bits per heavy atom. The molecule has 2 aromatic carbocycles. The average Bonchev–Trinajstić information content (AvgIpc) is 2.78. The number of nitrogens with zero attached hydrogens (tertiary/aromatic N) is 4. The molecule has 1 aliphatic rings. The number of aliphatic imine (C=N–C) groups is 1. The number of aromatic nitrogens is 1. The van der Waals surface area contributed by atoms with Gasteiger partial charge in [-0.25, -0.2) is 18.8 Å². The number of rotatable bonds is 4. The maximum Gasteiger partial charge on any atom is 0.211 e. The van der Waals surface area contributed by atoms with Gasteiger partial charge in [-0.15, -0.1) is 0 Å². The third-order valence-corrected chi connectivity index (χ3v) is 4.94. The minimum atomic E-state index is -0.902. The number of nitrogen functional groups attached to an aromatic ring is 2. The Morgan fingerprint density at radius 3 is 2.52 bits per heavy atom. The van der Waals surface area contributed by atoms with Gasteiger partial charge in [-0.05, 0) is 29.8 Å². The third-order valence-electron chi connectivity index (χ3n) is 4.94. The van der Waals surface area contributed by atoms with Crippen molar-refractivity contribution in [3.63, 3.8) is 0 Å². The van der Waals surface area contributed by atoms with Gasteiger partial charge >= 0.3 is 0 Å². The Bertz CT molecular complexity index is 1340. The van der Waals surface area contributed by atoms with Crippen molar-refractivity contribution in [2.75, 3.05) is 16.8 Å². The van der Waals surface area contributed by atoms with Crippen molar-refractivity contribution < 1.29 is 13.5 Å². The van der Waals surface area contributed by atoms with Gasteiger partial charge in [0, 0.05) is 17.2 Å². The smallest absolute Gasteiger partial charge is 0.211 e. The molecule has 164 valence electrons. The first-order chi connectivity index (χ1) is 15.9. The third kappa shape index (κ3) is 4.16. The van der Waals surface area contributed by atoms with Gasteiger partial charge in [0.2, 0.25) is 5.96 Å². The zero-order valence-corrected chi connectivity index (χ0v) is 16.9. The number of anilines is 3. The molecule has 1 aliphatic heterocycles. The molecule has 0 spiro atoms. The lowest BCUT2D eigenvalue weighted by molar-refractivity contribution is 0.300. The first-order valence-corrected chi connectivity index (χ1v) is 9.56. The molecule has 0 aliphatic carbocycles. The van der Waals surface area contributed by atoms with Crippen molar-refractivity contribution in [1.29, 1.82) is 10.5 Å². The van der Waals surface area contributed by atoms with Crippen LogP contribution in [0.4, 0.5) is 26.1 Å². The Kier molecular flexibility index (Phi) is 5.62. The largest absolute Gasteiger partial charge is 0.488 e. The number of benzene rings is 2. The van der Waals surface area contributed by atoms with Crippen LogP contribution in [0.1, 0.15) is 28.3 Å². The number of hydrogen-bond donors (Lipinski definition) is 4. The quantitative estimate of drug-likeness (QED) is 0.352. The van der Waals surface area contributed by atoms with Crippen LogP contribution in [0.2, 0.25) is 0 Å². The molecule has 0 saturated carbocycles. The number of pyridine rings is 1. The lowest BCUT2D eigenvalue weighted by Gasteiger charge is -2.27. The van der Waals surface area contributed by atoms with E-state index < -0.39 is 11.9 Å². The molecule has 11 heteroatoms. The molecule has 1 unspecified atom stereocenters. The number of hydrogen-bond acceptors (Lipinski definition) is 9. The first kappa shape index (κ1) is 21.3. The molecule has 0 amide bonds. The number of fused-ring (bicyclic) bond motifs is 1. The minimum Gasteiger partial charge on any atom is -0.488 e. The van der Waals surface area contributed by atoms with Crippen LogP contribution in [0.3, 0.4) is 0 Å². The average molecular weight is 446 g/mol. The van der Waals surface area contributed by atoms with Crippen LogP contribution < -0.4 is 26.8 Å². The molecule has 1 aromatic heterocycles. The second kappa shape index (κ2) is 8.69. The Balaban J connectivity index is 1.82. The second-order valence-electron chi connectivity index (χ2n) is 7.00. The summed E-state index contributed by atoms with van der Waals surface area (Å²) in [4.78, 5) is 8.64. The van der Waals surface area contributed by atoms with Gasteiger partial charge in [-0.3, -0.25) is 5.32 Å². The fourth-order valence-corrected chi connectivity index (χ4v) is 3.41. The highest BCUT2D eigenvalue weighted by Crippen LogP contribution is 2.43. The van der Waals surface area contributed by atoms with Crippen LogP contribution in [0, 0.1) is 34.4 Å². The Morgan fingerprint density at radius 1 is 1.09 bits per heavy atom. The molecular weight excluding hydrogens is 430 g/mol. The second-order valence-corrected chi connectivity index (χ2v) is 7.00. The summed E-state index contributed by atoms with van der Waals surface area (Å²) in [6, 6.07) is 10.6. The molecule has 0 saturated heterocycles. The van der Waals surface area contributed by atoms with Crippen molar-refractivity contribution in [1.82, 2.24) is 10.3 Å². The normalized spacial score (nSPS) is 14.2. The fraction of sp³-hybridized carbons (Fsp3) is 0.0909. The van der Waals surface area contributed by atoms with E-state index in [1.165, 1.54) is 30.3 Å². The first-order valence-electron chi connectivity index (χ1n) is 9.56. The number of nitriles is 2. The molecule has 2 heterocycles. The lowest BCUT2D eigenvalue weighted by atomic mass is 9.94. The zero-order chi connectivity index (χ0) is 23.5. The summed E-state index contributed by atoms with van der Waals surface area (Å²) in [5.41, 5.74) is 13.5. The van der Waals surface area contributed by atoms with Gasteiger partial charge in [-0.1, -0.05) is 12.1 Å². The highest BCUT2D eigenvalue weighted by Gasteiger charge is 2.31. The van der Waals surface area contributed by atoms with Crippen LogP contribution >= 0.6 is 0 Å². The van der Waals surface area contributed by atoms with E-state index in [1.807, 2.05) is 6.07 Å². The summed E-state index contributed by atoms with van der Waals surface area (Å²) in [6.45, 7) is 0.0283. The number of halogens is 2. The lowest BCUT2D eigenvalue weighted by Crippen LogP contribution is -2.33. The van der Waals surface area contributed by atoms with E-state index in [0.717, 1.165) is 0 Å². The topological polar surface area (TPSA) is 158 Å². The molecule has 0 bridgehead atoms. The molecule has 0 radical (unpaired) electrons. The van der Waals surface area contributed by atoms with Crippen molar-refractivity contribution in [2.24, 2.45) is 4.99 Å². The predicted octanol–water partition coefficient (Wildman–Crippen LogP) is 2.92. The van der Waals surface area contributed by atoms with Gasteiger partial charge in [0.25, 0.3) is 0 Å². The van der Waals surface area contributed by atoms with E-state index in [9.17, 15) is 14.0 Å². The zero-order valence-electron chi connectivity index (χ0n) is 16.9. The molecule has 0 fully saturated rings. The van der Waals surface area contributed by atoms with E-state index in [-0.39, 0.29) is 47.0 Å². The van der Waals surface area contributed by atoms with Gasteiger partial charge in [-0.2, -0.15) is 10.5 Å². The van der Waals surface area contributed by atoms with E-state index in [2.05, 4.69) is 20.6 Å². The van der Waals surface area contributed by atoms with Gasteiger partial charge in [0.05, 0.1) is 5.69 Å². The van der Waals surface area contributed by atoms with Crippen LogP contribution in [-0.2, 0) is 6.61 Å². The summed E-state index contributed by atoms with van der Waals surface area (Å²) in [6.07, 6.45) is 1.76. The van der Waals surface area contributed by atoms with E-state index in [1.54, 1.807) is 18.3 Å². The number of nitrogens with one attached hydrogen (secondary N) is 2. The maximum absolute atomic E-state index is 14.1. The maximum atomic E-state index is 14.1. The number of ether oxygens (including phenoxy) is 1. The number of nitrogens with two attached hydrogens (primary N) is 2. The standard InChI is InChI=1S/C22H16F2N8O/c23-12-3-1-11(2-4-12)9-33-16-7-13(24)5-6-14(16)19-17-18(27)15(8-25)20(28)31-21(17)32-22(30-19)29-10-26/h1-7,19H,9H2,(H6,27,28,29,30,31,32). The summed E-state index contributed by atoms with van der Waals surface area (Å²) in [5.74, 6) is -0.645. The Hall–Kier alpha value is -4.90. The monoisotopic (exact) mass is 446 g/mol. The predicted molar refractivity (Wildman–Crippen MR) is 117 cm³/mol. The van der Waals surface area contributed by atoms with Crippen molar-refractivity contribution in [2.45, 2.75) is 12.6 Å². The molecule has 4 rings (SSSR count). The van der Waals surface area contributed by atoms with E-state index in [0.29, 0.717) is 16.7 Å². The highest BCUT2D eigenvalue weighted by molar-refractivity contribution is 5.98. The minimum absolute atomic E-state index is 0.0247. The Labute approximate surface area is 186 Å². The van der Waals surface area contributed by atoms with E-state index >= 15 is 0 Å². The molecule has 33 heavy (non-hydrogen) atoms.